The quantitative estimate of drug-likeness (QED) is 0.782. The van der Waals surface area contributed by atoms with Gasteiger partial charge < -0.3 is 4.90 Å². The van der Waals surface area contributed by atoms with Gasteiger partial charge in [-0.25, -0.2) is 12.7 Å². The van der Waals surface area contributed by atoms with E-state index in [4.69, 9.17) is 0 Å². The molecule has 1 spiro atoms. The van der Waals surface area contributed by atoms with E-state index in [0.29, 0.717) is 31.8 Å². The predicted octanol–water partition coefficient (Wildman–Crippen LogP) is 2.02. The van der Waals surface area contributed by atoms with E-state index in [2.05, 4.69) is 12.1 Å². The van der Waals surface area contributed by atoms with Gasteiger partial charge in [0, 0.05) is 19.6 Å². The number of hydrogen-bond acceptors (Lipinski definition) is 3. The van der Waals surface area contributed by atoms with E-state index in [1.165, 1.54) is 29.0 Å². The second-order valence-corrected chi connectivity index (χ2v) is 9.51. The maximum Gasteiger partial charge on any atom is 0.231 e. The van der Waals surface area contributed by atoms with E-state index in [0.717, 1.165) is 6.54 Å². The first kappa shape index (κ1) is 16.1. The zero-order valence-electron chi connectivity index (χ0n) is 14.0. The van der Waals surface area contributed by atoms with E-state index in [9.17, 15) is 13.2 Å². The van der Waals surface area contributed by atoms with Gasteiger partial charge in [-0.2, -0.15) is 0 Å². The smallest absolute Gasteiger partial charge is 0.231 e. The molecule has 1 saturated carbocycles. The van der Waals surface area contributed by atoms with Gasteiger partial charge in [0.1, 0.15) is 0 Å². The minimum absolute atomic E-state index is 0.105. The summed E-state index contributed by atoms with van der Waals surface area (Å²) in [5.41, 5.74) is 0.780. The molecule has 3 aliphatic rings. The van der Waals surface area contributed by atoms with E-state index in [1.807, 2.05) is 23.1 Å². The minimum atomic E-state index is -3.17. The average molecular weight is 348 g/mol. The number of benzene rings is 1. The second-order valence-electron chi connectivity index (χ2n) is 7.53. The Morgan fingerprint density at radius 1 is 1.12 bits per heavy atom. The molecule has 0 N–H and O–H groups in total. The number of amides is 1. The van der Waals surface area contributed by atoms with Crippen molar-refractivity contribution in [2.75, 3.05) is 25.9 Å². The normalized spacial score (nSPS) is 27.3. The molecule has 3 fully saturated rings. The third kappa shape index (κ3) is 2.56. The zero-order valence-corrected chi connectivity index (χ0v) is 14.8. The lowest BCUT2D eigenvalue weighted by molar-refractivity contribution is -0.179. The minimum Gasteiger partial charge on any atom is -0.334 e. The first-order chi connectivity index (χ1) is 11.4. The molecular formula is C18H24N2O3S. The van der Waals surface area contributed by atoms with Crippen LogP contribution in [0.5, 0.6) is 0 Å². The highest BCUT2D eigenvalue weighted by Gasteiger charge is 2.62. The molecule has 0 bridgehead atoms. The first-order valence-corrected chi connectivity index (χ1v) is 10.6. The molecule has 2 heterocycles. The summed E-state index contributed by atoms with van der Waals surface area (Å²) in [5, 5.41) is 0. The van der Waals surface area contributed by atoms with Crippen LogP contribution in [0.25, 0.3) is 0 Å². The number of likely N-dealkylation sites (tertiary alicyclic amines) is 1. The van der Waals surface area contributed by atoms with Gasteiger partial charge in [0.15, 0.2) is 0 Å². The lowest BCUT2D eigenvalue weighted by Gasteiger charge is -2.59. The van der Waals surface area contributed by atoms with Gasteiger partial charge in [-0.1, -0.05) is 30.3 Å². The Bertz CT molecular complexity index is 735. The Morgan fingerprint density at radius 2 is 1.75 bits per heavy atom. The molecule has 4 rings (SSSR count). The molecule has 0 radical (unpaired) electrons. The van der Waals surface area contributed by atoms with Crippen LogP contribution in [-0.2, 0) is 14.8 Å². The highest BCUT2D eigenvalue weighted by molar-refractivity contribution is 7.88. The highest BCUT2D eigenvalue weighted by Crippen LogP contribution is 2.57. The third-order valence-electron chi connectivity index (χ3n) is 5.87. The second kappa shape index (κ2) is 5.56. The summed E-state index contributed by atoms with van der Waals surface area (Å²) in [5.74, 6) is 0.894. The fraction of sp³-hybridized carbons (Fsp3) is 0.611. The molecule has 1 aromatic carbocycles. The van der Waals surface area contributed by atoms with Crippen molar-refractivity contribution in [3.8, 4) is 0 Å². The van der Waals surface area contributed by atoms with Crippen LogP contribution in [0.2, 0.25) is 0 Å². The molecule has 1 amide bonds. The Balaban J connectivity index is 1.60. The van der Waals surface area contributed by atoms with Crippen molar-refractivity contribution in [3.63, 3.8) is 0 Å². The molecule has 5 nitrogen and oxygen atoms in total. The highest BCUT2D eigenvalue weighted by atomic mass is 32.2. The van der Waals surface area contributed by atoms with E-state index in [-0.39, 0.29) is 11.9 Å². The van der Waals surface area contributed by atoms with Gasteiger partial charge in [0.05, 0.1) is 17.7 Å². The summed E-state index contributed by atoms with van der Waals surface area (Å²) in [6, 6.07) is 10.3. The van der Waals surface area contributed by atoms with E-state index >= 15 is 0 Å². The molecule has 0 aromatic heterocycles. The Morgan fingerprint density at radius 3 is 2.29 bits per heavy atom. The summed E-state index contributed by atoms with van der Waals surface area (Å²) in [7, 11) is -3.17. The molecule has 2 aliphatic heterocycles. The molecule has 24 heavy (non-hydrogen) atoms. The zero-order chi connectivity index (χ0) is 16.9. The SMILES string of the molecule is CS(=O)(=O)N1CCC2(CC1)C(=O)N(CC1CC1)[C@@H]2c1ccccc1. The number of sulfonamides is 1. The standard InChI is InChI=1S/C18H24N2O3S/c1-24(22,23)19-11-9-18(10-12-19)16(15-5-3-2-4-6-15)20(17(18)21)13-14-7-8-14/h2-6,14,16H,7-13H2,1H3/t16-/m1/s1. The lowest BCUT2D eigenvalue weighted by atomic mass is 9.62. The van der Waals surface area contributed by atoms with Crippen molar-refractivity contribution in [3.05, 3.63) is 35.9 Å². The molecule has 2 saturated heterocycles. The van der Waals surface area contributed by atoms with Crippen molar-refractivity contribution in [1.82, 2.24) is 9.21 Å². The molecule has 1 atom stereocenters. The van der Waals surface area contributed by atoms with Gasteiger partial charge >= 0.3 is 0 Å². The predicted molar refractivity (Wildman–Crippen MR) is 91.7 cm³/mol. The van der Waals surface area contributed by atoms with Crippen LogP contribution in [0, 0.1) is 11.3 Å². The molecule has 0 unspecified atom stereocenters. The van der Waals surface area contributed by atoms with Crippen molar-refractivity contribution in [2.45, 2.75) is 31.7 Å². The summed E-state index contributed by atoms with van der Waals surface area (Å²) < 4.78 is 25.1. The van der Waals surface area contributed by atoms with Crippen LogP contribution in [0.4, 0.5) is 0 Å². The fourth-order valence-corrected chi connectivity index (χ4v) is 5.20. The van der Waals surface area contributed by atoms with Gasteiger partial charge in [-0.15, -0.1) is 0 Å². The van der Waals surface area contributed by atoms with Crippen molar-refractivity contribution in [2.24, 2.45) is 11.3 Å². The lowest BCUT2D eigenvalue weighted by Crippen LogP contribution is -2.66. The van der Waals surface area contributed by atoms with Gasteiger partial charge in [-0.3, -0.25) is 4.79 Å². The van der Waals surface area contributed by atoms with Crippen molar-refractivity contribution < 1.29 is 13.2 Å². The summed E-state index contributed by atoms with van der Waals surface area (Å²) in [6.45, 7) is 1.76. The maximum atomic E-state index is 13.0. The van der Waals surface area contributed by atoms with E-state index in [1.54, 1.807) is 0 Å². The number of β-lactam (4-membered cyclic amide) rings is 1. The maximum absolute atomic E-state index is 13.0. The summed E-state index contributed by atoms with van der Waals surface area (Å²) in [6.07, 6.45) is 4.95. The topological polar surface area (TPSA) is 57.7 Å². The Hall–Kier alpha value is -1.40. The summed E-state index contributed by atoms with van der Waals surface area (Å²) >= 11 is 0. The number of nitrogens with zero attached hydrogens (tertiary/aromatic N) is 2. The van der Waals surface area contributed by atoms with Gasteiger partial charge in [0.25, 0.3) is 0 Å². The van der Waals surface area contributed by atoms with E-state index < -0.39 is 15.4 Å². The number of carbonyl (C=O) groups is 1. The van der Waals surface area contributed by atoms with Crippen LogP contribution in [0.15, 0.2) is 30.3 Å². The Kier molecular flexibility index (Phi) is 3.73. The molecule has 6 heteroatoms. The monoisotopic (exact) mass is 348 g/mol. The van der Waals surface area contributed by atoms with Crippen LogP contribution < -0.4 is 0 Å². The first-order valence-electron chi connectivity index (χ1n) is 8.73. The largest absolute Gasteiger partial charge is 0.334 e. The van der Waals surface area contributed by atoms with Gasteiger partial charge in [0.2, 0.25) is 15.9 Å². The molecule has 1 aliphatic carbocycles. The third-order valence-corrected chi connectivity index (χ3v) is 7.18. The van der Waals surface area contributed by atoms with Gasteiger partial charge in [-0.05, 0) is 37.2 Å². The fourth-order valence-electron chi connectivity index (χ4n) is 4.36. The number of piperidine rings is 1. The van der Waals surface area contributed by atoms with Crippen LogP contribution in [0.3, 0.4) is 0 Å². The van der Waals surface area contributed by atoms with Crippen molar-refractivity contribution >= 4 is 15.9 Å². The average Bonchev–Trinajstić information content (AvgIpc) is 3.38. The number of hydrogen-bond donors (Lipinski definition) is 0. The van der Waals surface area contributed by atoms with Crippen LogP contribution in [0.1, 0.15) is 37.3 Å². The number of rotatable bonds is 4. The molecule has 130 valence electrons. The summed E-state index contributed by atoms with van der Waals surface area (Å²) in [4.78, 5) is 15.0. The van der Waals surface area contributed by atoms with Crippen LogP contribution >= 0.6 is 0 Å². The van der Waals surface area contributed by atoms with Crippen molar-refractivity contribution in [1.29, 1.82) is 0 Å². The molecule has 1 aromatic rings. The number of carbonyl (C=O) groups excluding carboxylic acids is 1. The Labute approximate surface area is 143 Å². The molecular weight excluding hydrogens is 324 g/mol. The van der Waals surface area contributed by atoms with Crippen LogP contribution in [-0.4, -0.2) is 49.4 Å².